The predicted octanol–water partition coefficient (Wildman–Crippen LogP) is 4.47. The molecule has 0 rings (SSSR count). The maximum absolute atomic E-state index is 8.75. The summed E-state index contributed by atoms with van der Waals surface area (Å²) in [6, 6.07) is 0. The second kappa shape index (κ2) is 64.5. The van der Waals surface area contributed by atoms with Gasteiger partial charge in [0.15, 0.2) is 0 Å². The first-order valence-corrected chi connectivity index (χ1v) is 9.35. The third-order valence-corrected chi connectivity index (χ3v) is 0. The van der Waals surface area contributed by atoms with Gasteiger partial charge < -0.3 is 0 Å². The summed E-state index contributed by atoms with van der Waals surface area (Å²) in [7, 11) is 0.628. The van der Waals surface area contributed by atoms with Gasteiger partial charge in [-0.2, -0.15) is 0 Å². The normalized spacial score (nSPS) is 2.62. The van der Waals surface area contributed by atoms with E-state index in [1.54, 1.807) is 0 Å². The van der Waals surface area contributed by atoms with Crippen LogP contribution in [-0.2, 0) is 9.47 Å². The Hall–Kier alpha value is 1.97. The molecule has 0 unspecified atom stereocenters. The van der Waals surface area contributed by atoms with Crippen LogP contribution in [0.15, 0.2) is 0 Å². The summed E-state index contributed by atoms with van der Waals surface area (Å²) in [6.07, 6.45) is 0. The molecule has 0 amide bonds. The van der Waals surface area contributed by atoms with Crippen molar-refractivity contribution in [1.82, 2.24) is 0 Å². The minimum absolute atomic E-state index is 0. The van der Waals surface area contributed by atoms with Crippen molar-refractivity contribution in [1.29, 1.82) is 1.45 Å². The molecule has 0 nitrogen and oxygen atoms in total. The van der Waals surface area contributed by atoms with E-state index < -0.39 is 0 Å². The van der Waals surface area contributed by atoms with Gasteiger partial charge in [0.2, 0.25) is 0 Å². The molecule has 0 aliphatic heterocycles. The monoisotopic (exact) mass is 391 g/mol. The van der Waals surface area contributed by atoms with E-state index in [9.17, 15) is 0 Å². The van der Waals surface area contributed by atoms with Crippen LogP contribution in [0.2, 0.25) is 0 Å². The van der Waals surface area contributed by atoms with Crippen LogP contribution < -0.4 is 0 Å². The molecule has 8 heavy (non-hydrogen) atoms. The van der Waals surface area contributed by atoms with Crippen molar-refractivity contribution >= 4 is 40.0 Å². The van der Waals surface area contributed by atoms with Gasteiger partial charge in [-0.05, 0) is 0 Å². The Kier molecular flexibility index (Phi) is 262. The maximum atomic E-state index is 8.75. The van der Waals surface area contributed by atoms with Crippen LogP contribution in [0.1, 0.15) is 29.7 Å². The molecule has 0 radical (unpaired) electrons. The summed E-state index contributed by atoms with van der Waals surface area (Å²) in [5.41, 5.74) is 0. The molecule has 0 saturated heterocycles. The van der Waals surface area contributed by atoms with E-state index in [1.807, 2.05) is 0 Å². The zero-order chi connectivity index (χ0) is 4.71. The van der Waals surface area contributed by atoms with Gasteiger partial charge in [-0.1, -0.05) is 29.7 Å². The molecule has 59 valence electrons. The fourth-order valence-corrected chi connectivity index (χ4v) is 0. The zero-order valence-corrected chi connectivity index (χ0v) is 7.29. The van der Waals surface area contributed by atoms with E-state index in [0.717, 1.165) is 0 Å². The molecule has 0 aromatic rings. The Morgan fingerprint density at radius 2 is 1.00 bits per heavy atom. The Bertz CT molecular complexity index is 18.5. The summed E-state index contributed by atoms with van der Waals surface area (Å²) in [4.78, 5) is 0. The zero-order valence-electron chi connectivity index (χ0n) is 2.58. The van der Waals surface area contributed by atoms with Crippen molar-refractivity contribution in [2.24, 2.45) is 0 Å². The fourth-order valence-electron chi connectivity index (χ4n) is 0. The van der Waals surface area contributed by atoms with Gasteiger partial charge >= 0.3 is 49.4 Å². The van der Waals surface area contributed by atoms with Crippen molar-refractivity contribution in [3.63, 3.8) is 0 Å². The van der Waals surface area contributed by atoms with Gasteiger partial charge in [0, 0.05) is 0 Å². The van der Waals surface area contributed by atoms with Crippen molar-refractivity contribution < 1.29 is 14.2 Å². The molecule has 0 aromatic heterocycles. The molecule has 0 spiro atoms. The first-order valence-electron chi connectivity index (χ1n) is 0.716. The van der Waals surface area contributed by atoms with Crippen LogP contribution in [0.5, 0.6) is 0 Å². The van der Waals surface area contributed by atoms with Gasteiger partial charge in [0.05, 0.1) is 0 Å². The average Bonchev–Trinajstić information content (AvgIpc) is 1.46. The van der Waals surface area contributed by atoms with Crippen LogP contribution in [0, 0.1) is 0 Å². The number of rotatable bonds is 0. The first kappa shape index (κ1) is 32.5. The van der Waals surface area contributed by atoms with Gasteiger partial charge in [-0.3, -0.25) is 4.72 Å². The third-order valence-electron chi connectivity index (χ3n) is 0. The van der Waals surface area contributed by atoms with E-state index in [4.69, 9.17) is 4.72 Å². The average molecular weight is 391 g/mol. The molecule has 0 fully saturated rings. The topological polar surface area (TPSA) is 0 Å². The van der Waals surface area contributed by atoms with Gasteiger partial charge in [-0.25, -0.2) is 0 Å². The minimum atomic E-state index is 0. The molecule has 0 N–H and O–H groups in total. The Morgan fingerprint density at radius 3 is 1.00 bits per heavy atom. The molecular weight excluding hydrogens is 372 g/mol. The SMILES string of the molecule is C.C.C.C.[3H]F.[I][V][I]. The number of hydrogen-bond donors (Lipinski definition) is 0. The Morgan fingerprint density at radius 1 is 1.00 bits per heavy atom. The molecule has 0 aromatic carbocycles. The van der Waals surface area contributed by atoms with Gasteiger partial charge in [0.25, 0.3) is 1.45 Å². The van der Waals surface area contributed by atoms with E-state index >= 15 is 0 Å². The third kappa shape index (κ3) is 99.5. The number of halogens is 3. The predicted molar refractivity (Wildman–Crippen MR) is 57.5 cm³/mol. The number of hydrogen-bond acceptors (Lipinski definition) is 0. The van der Waals surface area contributed by atoms with Crippen molar-refractivity contribution in [2.45, 2.75) is 29.7 Å². The van der Waals surface area contributed by atoms with E-state index in [0.29, 0.717) is 9.47 Å². The molecule has 4 heteroatoms. The second-order valence-corrected chi connectivity index (χ2v) is 11.9. The molecule has 0 bridgehead atoms. The molecule has 0 atom stereocenters. The summed E-state index contributed by atoms with van der Waals surface area (Å²) in [6.45, 7) is 0. The molecule has 0 aliphatic rings. The molecule has 0 aliphatic carbocycles. The van der Waals surface area contributed by atoms with Crippen LogP contribution in [0.25, 0.3) is 0 Å². The Balaban J connectivity index is -0.00000000357. The first-order chi connectivity index (χ1) is 2.41. The van der Waals surface area contributed by atoms with Crippen LogP contribution in [0.3, 0.4) is 0 Å². The summed E-state index contributed by atoms with van der Waals surface area (Å²) < 4.78 is 13.0. The van der Waals surface area contributed by atoms with E-state index in [2.05, 4.69) is 41.4 Å². The quantitative estimate of drug-likeness (QED) is 0.535. The second-order valence-electron chi connectivity index (χ2n) is 0.0639. The van der Waals surface area contributed by atoms with Gasteiger partial charge in [-0.15, -0.1) is 0 Å². The molecule has 0 saturated carbocycles. The van der Waals surface area contributed by atoms with Gasteiger partial charge in [0.1, 0.15) is 0 Å². The Labute approximate surface area is 84.3 Å². The molecule has 0 heterocycles. The van der Waals surface area contributed by atoms with Crippen molar-refractivity contribution in [2.75, 3.05) is 0 Å². The fraction of sp³-hybridized carbons (Fsp3) is 1.00. The van der Waals surface area contributed by atoms with Crippen LogP contribution in [0.4, 0.5) is 4.72 Å². The molecular formula is C4H17FI2V. The van der Waals surface area contributed by atoms with E-state index in [1.165, 1.54) is 0 Å². The standard InChI is InChI=1S/4CH4.FH.2HI.V/h4*1H4;3*1H;/q;;;;;;;+2/p-2/i/hT. The summed E-state index contributed by atoms with van der Waals surface area (Å²) in [5, 5.41) is 0. The van der Waals surface area contributed by atoms with Crippen molar-refractivity contribution in [3.05, 3.63) is 0 Å². The van der Waals surface area contributed by atoms with E-state index in [-0.39, 0.29) is 29.7 Å². The van der Waals surface area contributed by atoms with Crippen molar-refractivity contribution in [3.8, 4) is 0 Å². The van der Waals surface area contributed by atoms with Crippen LogP contribution >= 0.6 is 40.0 Å². The summed E-state index contributed by atoms with van der Waals surface area (Å²) in [5.74, 6) is 0. The van der Waals surface area contributed by atoms with Crippen LogP contribution in [-0.4, -0.2) is 1.45 Å². The summed E-state index contributed by atoms with van der Waals surface area (Å²) >= 11 is 4.74.